The van der Waals surface area contributed by atoms with Gasteiger partial charge in [0.15, 0.2) is 0 Å². The Morgan fingerprint density at radius 2 is 1.71 bits per heavy atom. The molecule has 0 saturated carbocycles. The summed E-state index contributed by atoms with van der Waals surface area (Å²) in [6, 6.07) is 11.5. The standard InChI is InChI=1S/C16H18N2O5S/c1-3-16(12-4-8-14(23-2)9-5-12)17-24(21,22)15-10-6-13(7-11-15)18(19)20/h4-11,16-17H,3H2,1-2H3. The summed E-state index contributed by atoms with van der Waals surface area (Å²) in [5, 5.41) is 10.7. The van der Waals surface area contributed by atoms with Crippen molar-refractivity contribution in [3.8, 4) is 5.75 Å². The number of sulfonamides is 1. The number of nitrogens with one attached hydrogen (secondary N) is 1. The Hall–Kier alpha value is -2.45. The first-order valence-corrected chi connectivity index (χ1v) is 8.76. The highest BCUT2D eigenvalue weighted by atomic mass is 32.2. The number of hydrogen-bond acceptors (Lipinski definition) is 5. The minimum absolute atomic E-state index is 0.0138. The molecule has 7 nitrogen and oxygen atoms in total. The zero-order valence-electron chi connectivity index (χ0n) is 13.3. The Kier molecular flexibility index (Phi) is 5.53. The molecule has 0 heterocycles. The molecule has 0 spiro atoms. The number of nitro benzene ring substituents is 1. The third-order valence-corrected chi connectivity index (χ3v) is 5.07. The fourth-order valence-electron chi connectivity index (χ4n) is 2.23. The summed E-state index contributed by atoms with van der Waals surface area (Å²) in [5.74, 6) is 0.687. The van der Waals surface area contributed by atoms with Crippen molar-refractivity contribution >= 4 is 15.7 Å². The number of benzene rings is 2. The SMILES string of the molecule is CCC(NS(=O)(=O)c1ccc([N+](=O)[O-])cc1)c1ccc(OC)cc1. The van der Waals surface area contributed by atoms with E-state index in [1.807, 2.05) is 6.92 Å². The van der Waals surface area contributed by atoms with Crippen molar-refractivity contribution in [3.63, 3.8) is 0 Å². The van der Waals surface area contributed by atoms with Crippen molar-refractivity contribution in [2.45, 2.75) is 24.3 Å². The van der Waals surface area contributed by atoms with Crippen molar-refractivity contribution in [2.75, 3.05) is 7.11 Å². The van der Waals surface area contributed by atoms with Crippen LogP contribution in [0.1, 0.15) is 24.9 Å². The number of rotatable bonds is 7. The van der Waals surface area contributed by atoms with Gasteiger partial charge in [-0.25, -0.2) is 13.1 Å². The molecule has 1 N–H and O–H groups in total. The van der Waals surface area contributed by atoms with Gasteiger partial charge in [0.1, 0.15) is 5.75 Å². The lowest BCUT2D eigenvalue weighted by Crippen LogP contribution is -2.28. The Morgan fingerprint density at radius 3 is 2.17 bits per heavy atom. The van der Waals surface area contributed by atoms with Gasteiger partial charge in [-0.15, -0.1) is 0 Å². The van der Waals surface area contributed by atoms with Crippen LogP contribution in [0.4, 0.5) is 5.69 Å². The van der Waals surface area contributed by atoms with Gasteiger partial charge in [0.25, 0.3) is 5.69 Å². The second kappa shape index (κ2) is 7.41. The molecule has 1 atom stereocenters. The van der Waals surface area contributed by atoms with Crippen molar-refractivity contribution < 1.29 is 18.1 Å². The van der Waals surface area contributed by atoms with Crippen molar-refractivity contribution in [1.82, 2.24) is 4.72 Å². The number of non-ortho nitro benzene ring substituents is 1. The van der Waals surface area contributed by atoms with Gasteiger partial charge in [-0.1, -0.05) is 19.1 Å². The molecule has 1 unspecified atom stereocenters. The van der Waals surface area contributed by atoms with Crippen LogP contribution >= 0.6 is 0 Å². The van der Waals surface area contributed by atoms with Crippen LogP contribution < -0.4 is 9.46 Å². The number of methoxy groups -OCH3 is 1. The lowest BCUT2D eigenvalue weighted by molar-refractivity contribution is -0.384. The smallest absolute Gasteiger partial charge is 0.269 e. The number of ether oxygens (including phenoxy) is 1. The number of hydrogen-bond donors (Lipinski definition) is 1. The normalized spacial score (nSPS) is 12.6. The van der Waals surface area contributed by atoms with Crippen LogP contribution in [0.2, 0.25) is 0 Å². The van der Waals surface area contributed by atoms with Crippen molar-refractivity contribution in [2.24, 2.45) is 0 Å². The van der Waals surface area contributed by atoms with Crippen LogP contribution in [0.3, 0.4) is 0 Å². The fraction of sp³-hybridized carbons (Fsp3) is 0.250. The molecule has 2 rings (SSSR count). The summed E-state index contributed by atoms with van der Waals surface area (Å²) in [6.45, 7) is 1.87. The van der Waals surface area contributed by atoms with Gasteiger partial charge < -0.3 is 4.74 Å². The molecular weight excluding hydrogens is 332 g/mol. The molecule has 2 aromatic carbocycles. The highest BCUT2D eigenvalue weighted by Gasteiger charge is 2.21. The quantitative estimate of drug-likeness (QED) is 0.611. The molecule has 0 saturated heterocycles. The summed E-state index contributed by atoms with van der Waals surface area (Å²) >= 11 is 0. The Balaban J connectivity index is 2.22. The average molecular weight is 350 g/mol. The maximum atomic E-state index is 12.5. The molecular formula is C16H18N2O5S. The zero-order chi connectivity index (χ0) is 17.7. The molecule has 128 valence electrons. The first-order chi connectivity index (χ1) is 11.4. The van der Waals surface area contributed by atoms with E-state index < -0.39 is 21.0 Å². The van der Waals surface area contributed by atoms with E-state index in [9.17, 15) is 18.5 Å². The monoisotopic (exact) mass is 350 g/mol. The van der Waals surface area contributed by atoms with Crippen molar-refractivity contribution in [3.05, 3.63) is 64.2 Å². The lowest BCUT2D eigenvalue weighted by Gasteiger charge is -2.18. The molecule has 0 aliphatic carbocycles. The third-order valence-electron chi connectivity index (χ3n) is 3.58. The number of nitro groups is 1. The number of nitrogens with zero attached hydrogens (tertiary/aromatic N) is 1. The van der Waals surface area contributed by atoms with E-state index >= 15 is 0 Å². The molecule has 0 radical (unpaired) electrons. The minimum atomic E-state index is -3.78. The Bertz CT molecular complexity index is 801. The molecule has 2 aromatic rings. The van der Waals surface area contributed by atoms with Gasteiger partial charge in [0, 0.05) is 18.2 Å². The van der Waals surface area contributed by atoms with E-state index in [1.165, 1.54) is 24.3 Å². The molecule has 0 bridgehead atoms. The molecule has 0 aliphatic rings. The van der Waals surface area contributed by atoms with Crippen LogP contribution in [0.15, 0.2) is 53.4 Å². The van der Waals surface area contributed by atoms with Gasteiger partial charge >= 0.3 is 0 Å². The topological polar surface area (TPSA) is 98.5 Å². The van der Waals surface area contributed by atoms with Gasteiger partial charge in [-0.2, -0.15) is 0 Å². The average Bonchev–Trinajstić information content (AvgIpc) is 2.60. The summed E-state index contributed by atoms with van der Waals surface area (Å²) < 4.78 is 32.7. The third kappa shape index (κ3) is 4.09. The molecule has 8 heteroatoms. The van der Waals surface area contributed by atoms with Crippen LogP contribution in [0.5, 0.6) is 5.75 Å². The zero-order valence-corrected chi connectivity index (χ0v) is 14.1. The van der Waals surface area contributed by atoms with Crippen LogP contribution in [-0.4, -0.2) is 20.5 Å². The molecule has 24 heavy (non-hydrogen) atoms. The van der Waals surface area contributed by atoms with Crippen LogP contribution in [-0.2, 0) is 10.0 Å². The first-order valence-electron chi connectivity index (χ1n) is 7.28. The van der Waals surface area contributed by atoms with Crippen LogP contribution in [0, 0.1) is 10.1 Å². The van der Waals surface area contributed by atoms with E-state index in [0.29, 0.717) is 12.2 Å². The minimum Gasteiger partial charge on any atom is -0.497 e. The van der Waals surface area contributed by atoms with E-state index in [0.717, 1.165) is 5.56 Å². The Morgan fingerprint density at radius 1 is 1.12 bits per heavy atom. The largest absolute Gasteiger partial charge is 0.497 e. The molecule has 0 amide bonds. The highest BCUT2D eigenvalue weighted by Crippen LogP contribution is 2.23. The molecule has 0 aliphatic heterocycles. The second-order valence-corrected chi connectivity index (χ2v) is 6.82. The maximum absolute atomic E-state index is 12.5. The lowest BCUT2D eigenvalue weighted by atomic mass is 10.1. The van der Waals surface area contributed by atoms with E-state index in [2.05, 4.69) is 4.72 Å². The van der Waals surface area contributed by atoms with Gasteiger partial charge in [-0.3, -0.25) is 10.1 Å². The molecule has 0 fully saturated rings. The van der Waals surface area contributed by atoms with Gasteiger partial charge in [0.2, 0.25) is 10.0 Å². The van der Waals surface area contributed by atoms with E-state index in [-0.39, 0.29) is 10.6 Å². The predicted molar refractivity (Wildman–Crippen MR) is 89.4 cm³/mol. The van der Waals surface area contributed by atoms with Gasteiger partial charge in [0.05, 0.1) is 16.9 Å². The first kappa shape index (κ1) is 17.9. The summed E-state index contributed by atoms with van der Waals surface area (Å²) in [4.78, 5) is 10.1. The van der Waals surface area contributed by atoms with Crippen molar-refractivity contribution in [1.29, 1.82) is 0 Å². The van der Waals surface area contributed by atoms with E-state index in [4.69, 9.17) is 4.74 Å². The summed E-state index contributed by atoms with van der Waals surface area (Å²) in [5.41, 5.74) is 0.653. The maximum Gasteiger partial charge on any atom is 0.269 e. The predicted octanol–water partition coefficient (Wildman–Crippen LogP) is 3.03. The van der Waals surface area contributed by atoms with E-state index in [1.54, 1.807) is 31.4 Å². The van der Waals surface area contributed by atoms with Gasteiger partial charge in [-0.05, 0) is 36.2 Å². The highest BCUT2D eigenvalue weighted by molar-refractivity contribution is 7.89. The molecule has 0 aromatic heterocycles. The summed E-state index contributed by atoms with van der Waals surface area (Å²) in [6.07, 6.45) is 0.554. The fourth-order valence-corrected chi connectivity index (χ4v) is 3.53. The second-order valence-electron chi connectivity index (χ2n) is 5.11. The Labute approximate surface area is 140 Å². The summed E-state index contributed by atoms with van der Waals surface area (Å²) in [7, 11) is -2.22. The van der Waals surface area contributed by atoms with Crippen LogP contribution in [0.25, 0.3) is 0 Å².